The molecule has 1 amide bonds. The van der Waals surface area contributed by atoms with Gasteiger partial charge in [0.15, 0.2) is 17.2 Å². The van der Waals surface area contributed by atoms with Crippen molar-refractivity contribution in [2.24, 2.45) is 5.92 Å². The molecule has 1 saturated carbocycles. The maximum absolute atomic E-state index is 13.9. The third kappa shape index (κ3) is 3.85. The first-order valence-corrected chi connectivity index (χ1v) is 11.9. The van der Waals surface area contributed by atoms with Crippen LogP contribution in [0.3, 0.4) is 0 Å². The van der Waals surface area contributed by atoms with Gasteiger partial charge >= 0.3 is 0 Å². The molecule has 2 saturated heterocycles. The molecule has 10 nitrogen and oxygen atoms in total. The average Bonchev–Trinajstić information content (AvgIpc) is 3.66. The first-order chi connectivity index (χ1) is 17.0. The smallest absolute Gasteiger partial charge is 0.284 e. The molecule has 0 spiro atoms. The van der Waals surface area contributed by atoms with Gasteiger partial charge in [-0.05, 0) is 38.2 Å². The van der Waals surface area contributed by atoms with Crippen molar-refractivity contribution in [3.63, 3.8) is 0 Å². The highest BCUT2D eigenvalue weighted by molar-refractivity contribution is 6.12. The Morgan fingerprint density at radius 1 is 1.20 bits per heavy atom. The molecule has 0 unspecified atom stereocenters. The highest BCUT2D eigenvalue weighted by Gasteiger charge is 2.42. The Morgan fingerprint density at radius 2 is 2.03 bits per heavy atom. The van der Waals surface area contributed by atoms with Crippen molar-refractivity contribution >= 4 is 29.3 Å². The molecular weight excluding hydrogens is 460 g/mol. The summed E-state index contributed by atoms with van der Waals surface area (Å²) in [5, 5.41) is 11.4. The maximum atomic E-state index is 13.9. The number of amides is 1. The number of aldehydes is 1. The number of ether oxygens (including phenoxy) is 1. The molecule has 6 rings (SSSR count). The largest absolute Gasteiger partial charge is 0.374 e. The molecule has 3 fully saturated rings. The molecule has 3 aromatic rings. The molecule has 184 valence electrons. The monoisotopic (exact) mass is 485 g/mol. The van der Waals surface area contributed by atoms with E-state index in [1.807, 2.05) is 4.90 Å². The SMILES string of the molecule is O=CC1CCC(n2cc(NC(=O)c3c(N4C[C@@H]5C[C@H]4CO5)nn4cccnc34)c(C(F)F)n2)CC1. The summed E-state index contributed by atoms with van der Waals surface area (Å²) >= 11 is 0. The first-order valence-electron chi connectivity index (χ1n) is 11.9. The number of carbonyl (C=O) groups excluding carboxylic acids is 2. The number of anilines is 2. The predicted molar refractivity (Wildman–Crippen MR) is 121 cm³/mol. The van der Waals surface area contributed by atoms with Gasteiger partial charge in [-0.15, -0.1) is 5.10 Å². The van der Waals surface area contributed by atoms with Gasteiger partial charge in [0.2, 0.25) is 0 Å². The lowest BCUT2D eigenvalue weighted by Crippen LogP contribution is -2.38. The number of aromatic nitrogens is 5. The zero-order chi connectivity index (χ0) is 24.1. The number of morpholine rings is 1. The van der Waals surface area contributed by atoms with E-state index in [2.05, 4.69) is 20.5 Å². The fourth-order valence-electron chi connectivity index (χ4n) is 5.48. The molecule has 35 heavy (non-hydrogen) atoms. The quantitative estimate of drug-likeness (QED) is 0.535. The molecular formula is C23H25F2N7O3. The summed E-state index contributed by atoms with van der Waals surface area (Å²) in [6.07, 6.45) is 6.50. The molecule has 2 aliphatic heterocycles. The van der Waals surface area contributed by atoms with Crippen LogP contribution in [0.1, 0.15) is 60.6 Å². The number of carbonyl (C=O) groups is 2. The molecule has 5 heterocycles. The van der Waals surface area contributed by atoms with Crippen molar-refractivity contribution in [1.29, 1.82) is 0 Å². The zero-order valence-corrected chi connectivity index (χ0v) is 18.9. The van der Waals surface area contributed by atoms with Crippen LogP contribution in [0.2, 0.25) is 0 Å². The third-order valence-electron chi connectivity index (χ3n) is 7.30. The first kappa shape index (κ1) is 22.1. The Balaban J connectivity index is 1.32. The van der Waals surface area contributed by atoms with Crippen LogP contribution in [0.4, 0.5) is 20.3 Å². The number of halogens is 2. The Hall–Kier alpha value is -3.41. The van der Waals surface area contributed by atoms with Gasteiger partial charge < -0.3 is 19.7 Å². The van der Waals surface area contributed by atoms with E-state index < -0.39 is 18.0 Å². The Kier molecular flexibility index (Phi) is 5.47. The molecule has 0 aromatic carbocycles. The van der Waals surface area contributed by atoms with Gasteiger partial charge in [0.25, 0.3) is 12.3 Å². The lowest BCUT2D eigenvalue weighted by atomic mass is 9.87. The van der Waals surface area contributed by atoms with Gasteiger partial charge in [-0.25, -0.2) is 18.3 Å². The molecule has 0 radical (unpaired) electrons. The van der Waals surface area contributed by atoms with Crippen molar-refractivity contribution in [3.05, 3.63) is 35.9 Å². The van der Waals surface area contributed by atoms with Crippen molar-refractivity contribution < 1.29 is 23.1 Å². The van der Waals surface area contributed by atoms with E-state index >= 15 is 0 Å². The van der Waals surface area contributed by atoms with Crippen LogP contribution in [-0.2, 0) is 9.53 Å². The molecule has 2 bridgehead atoms. The number of fused-ring (bicyclic) bond motifs is 3. The Labute approximate surface area is 199 Å². The Morgan fingerprint density at radius 3 is 2.71 bits per heavy atom. The van der Waals surface area contributed by atoms with Crippen LogP contribution >= 0.6 is 0 Å². The van der Waals surface area contributed by atoms with Crippen molar-refractivity contribution in [2.45, 2.75) is 56.7 Å². The van der Waals surface area contributed by atoms with Crippen molar-refractivity contribution in [1.82, 2.24) is 24.4 Å². The Bertz CT molecular complexity index is 1270. The second kappa shape index (κ2) is 8.67. The van der Waals surface area contributed by atoms with Crippen LogP contribution in [0.15, 0.2) is 24.7 Å². The minimum atomic E-state index is -2.86. The fraction of sp³-hybridized carbons (Fsp3) is 0.522. The molecule has 2 atom stereocenters. The number of nitrogens with one attached hydrogen (secondary N) is 1. The zero-order valence-electron chi connectivity index (χ0n) is 18.9. The van der Waals surface area contributed by atoms with E-state index in [-0.39, 0.29) is 35.4 Å². The minimum absolute atomic E-state index is 0.00310. The molecule has 12 heteroatoms. The summed E-state index contributed by atoms with van der Waals surface area (Å²) in [6, 6.07) is 1.73. The summed E-state index contributed by atoms with van der Waals surface area (Å²) in [5.41, 5.74) is 0.0740. The van der Waals surface area contributed by atoms with E-state index in [4.69, 9.17) is 4.74 Å². The summed E-state index contributed by atoms with van der Waals surface area (Å²) in [4.78, 5) is 31.0. The highest BCUT2D eigenvalue weighted by atomic mass is 19.3. The average molecular weight is 485 g/mol. The molecule has 3 aliphatic rings. The number of hydrogen-bond acceptors (Lipinski definition) is 7. The molecule has 1 N–H and O–H groups in total. The maximum Gasteiger partial charge on any atom is 0.284 e. The summed E-state index contributed by atoms with van der Waals surface area (Å²) < 4.78 is 36.5. The van der Waals surface area contributed by atoms with E-state index in [1.54, 1.807) is 18.5 Å². The summed E-state index contributed by atoms with van der Waals surface area (Å²) in [5.74, 6) is -0.0953. The fourth-order valence-corrected chi connectivity index (χ4v) is 5.48. The van der Waals surface area contributed by atoms with Gasteiger partial charge in [0.1, 0.15) is 11.8 Å². The van der Waals surface area contributed by atoms with E-state index in [1.165, 1.54) is 15.4 Å². The van der Waals surface area contributed by atoms with Gasteiger partial charge in [0.05, 0.1) is 30.5 Å². The van der Waals surface area contributed by atoms with Gasteiger partial charge in [-0.3, -0.25) is 9.48 Å². The second-order valence-corrected chi connectivity index (χ2v) is 9.45. The van der Waals surface area contributed by atoms with Crippen LogP contribution < -0.4 is 10.2 Å². The number of nitrogens with zero attached hydrogens (tertiary/aromatic N) is 6. The van der Waals surface area contributed by atoms with Crippen molar-refractivity contribution in [2.75, 3.05) is 23.4 Å². The van der Waals surface area contributed by atoms with Crippen LogP contribution in [-0.4, -0.2) is 61.9 Å². The van der Waals surface area contributed by atoms with Crippen LogP contribution in [0, 0.1) is 5.92 Å². The number of hydrogen-bond donors (Lipinski definition) is 1. The summed E-state index contributed by atoms with van der Waals surface area (Å²) in [7, 11) is 0. The van der Waals surface area contributed by atoms with Gasteiger partial charge in [-0.2, -0.15) is 5.10 Å². The van der Waals surface area contributed by atoms with E-state index in [0.29, 0.717) is 50.3 Å². The van der Waals surface area contributed by atoms with E-state index in [0.717, 1.165) is 12.7 Å². The number of alkyl halides is 2. The lowest BCUT2D eigenvalue weighted by molar-refractivity contribution is -0.112. The van der Waals surface area contributed by atoms with Gasteiger partial charge in [-0.1, -0.05) is 0 Å². The van der Waals surface area contributed by atoms with Gasteiger partial charge in [0, 0.05) is 31.1 Å². The molecule has 1 aliphatic carbocycles. The predicted octanol–water partition coefficient (Wildman–Crippen LogP) is 3.02. The third-order valence-corrected chi connectivity index (χ3v) is 7.30. The standard InChI is InChI=1S/C23H25F2N7O3/c24-20(25)19-17(10-32(28-19)14-4-2-13(11-33)3-5-14)27-23(34)18-21-26-6-1-7-31(21)29-22(18)30-9-16-8-15(30)12-35-16/h1,6-7,10-11,13-16,20H,2-5,8-9,12H2,(H,27,34)/t13?,14?,15-,16-/m0/s1. The number of rotatable bonds is 6. The van der Waals surface area contributed by atoms with Crippen LogP contribution in [0.25, 0.3) is 5.65 Å². The van der Waals surface area contributed by atoms with Crippen molar-refractivity contribution in [3.8, 4) is 0 Å². The molecule has 3 aromatic heterocycles. The minimum Gasteiger partial charge on any atom is -0.374 e. The summed E-state index contributed by atoms with van der Waals surface area (Å²) in [6.45, 7) is 1.17. The second-order valence-electron chi connectivity index (χ2n) is 9.45. The normalized spacial score (nSPS) is 26.1. The topological polar surface area (TPSA) is 107 Å². The lowest BCUT2D eigenvalue weighted by Gasteiger charge is -2.27. The van der Waals surface area contributed by atoms with E-state index in [9.17, 15) is 18.4 Å². The van der Waals surface area contributed by atoms with Crippen LogP contribution in [0.5, 0.6) is 0 Å². The highest BCUT2D eigenvalue weighted by Crippen LogP contribution is 2.37.